The van der Waals surface area contributed by atoms with Crippen LogP contribution in [-0.2, 0) is 12.7 Å². The van der Waals surface area contributed by atoms with Crippen molar-refractivity contribution in [2.75, 3.05) is 39.3 Å². The smallest absolute Gasteiger partial charge is 0.471 e. The van der Waals surface area contributed by atoms with Crippen molar-refractivity contribution in [1.82, 2.24) is 25.3 Å². The number of alkyl halides is 3. The molecule has 1 N–H and O–H groups in total. The Morgan fingerprint density at radius 1 is 1.03 bits per heavy atom. The molecule has 1 fully saturated rings. The fraction of sp³-hybridized carbons (Fsp3) is 0.348. The minimum absolute atomic E-state index is 0.129. The SMILES string of the molecule is O=C(NCCOc1ccc(-c2noc(C(F)(F)F)n2)cc1)N1CCN(Cc2ccccc2)CC1. The number of ether oxygens (including phenoxy) is 1. The molecule has 2 amide bonds. The molecule has 0 bridgehead atoms. The number of halogens is 3. The van der Waals surface area contributed by atoms with E-state index < -0.39 is 12.1 Å². The van der Waals surface area contributed by atoms with Crippen LogP contribution < -0.4 is 10.1 Å². The Labute approximate surface area is 194 Å². The number of hydrogen-bond acceptors (Lipinski definition) is 6. The first-order valence-corrected chi connectivity index (χ1v) is 10.8. The molecule has 34 heavy (non-hydrogen) atoms. The average Bonchev–Trinajstić information content (AvgIpc) is 3.34. The molecule has 0 saturated carbocycles. The number of hydrogen-bond donors (Lipinski definition) is 1. The molecular weight excluding hydrogens is 451 g/mol. The van der Waals surface area contributed by atoms with Gasteiger partial charge in [-0.2, -0.15) is 18.2 Å². The summed E-state index contributed by atoms with van der Waals surface area (Å²) in [6.07, 6.45) is -4.69. The van der Waals surface area contributed by atoms with Crippen LogP contribution in [0.5, 0.6) is 5.75 Å². The van der Waals surface area contributed by atoms with Crippen molar-refractivity contribution in [2.24, 2.45) is 0 Å². The van der Waals surface area contributed by atoms with E-state index in [0.717, 1.165) is 19.6 Å². The summed E-state index contributed by atoms with van der Waals surface area (Å²) in [5.41, 5.74) is 1.63. The van der Waals surface area contributed by atoms with Gasteiger partial charge in [0, 0.05) is 38.3 Å². The van der Waals surface area contributed by atoms with E-state index in [1.807, 2.05) is 18.2 Å². The Balaban J connectivity index is 1.15. The van der Waals surface area contributed by atoms with E-state index in [1.165, 1.54) is 17.7 Å². The van der Waals surface area contributed by atoms with Crippen molar-refractivity contribution in [2.45, 2.75) is 12.7 Å². The fourth-order valence-electron chi connectivity index (χ4n) is 3.55. The largest absolute Gasteiger partial charge is 0.492 e. The third kappa shape index (κ3) is 6.25. The molecule has 180 valence electrons. The van der Waals surface area contributed by atoms with Crippen LogP contribution >= 0.6 is 0 Å². The maximum absolute atomic E-state index is 12.6. The number of piperazine rings is 1. The van der Waals surface area contributed by atoms with E-state index >= 15 is 0 Å². The third-order valence-electron chi connectivity index (χ3n) is 5.34. The molecule has 11 heteroatoms. The molecule has 8 nitrogen and oxygen atoms in total. The molecule has 0 spiro atoms. The van der Waals surface area contributed by atoms with Gasteiger partial charge in [-0.3, -0.25) is 4.90 Å². The van der Waals surface area contributed by atoms with Crippen LogP contribution in [0.15, 0.2) is 59.1 Å². The summed E-state index contributed by atoms with van der Waals surface area (Å²) in [4.78, 5) is 19.8. The van der Waals surface area contributed by atoms with E-state index in [-0.39, 0.29) is 18.5 Å². The molecule has 0 atom stereocenters. The van der Waals surface area contributed by atoms with Crippen molar-refractivity contribution < 1.29 is 27.2 Å². The standard InChI is InChI=1S/C23H24F3N5O3/c24-23(25,26)21-28-20(29-34-21)18-6-8-19(9-7-18)33-15-10-27-22(32)31-13-11-30(12-14-31)16-17-4-2-1-3-5-17/h1-9H,10-16H2,(H,27,32). The maximum atomic E-state index is 12.6. The van der Waals surface area contributed by atoms with Crippen LogP contribution in [0.2, 0.25) is 0 Å². The molecule has 0 aliphatic carbocycles. The van der Waals surface area contributed by atoms with Crippen LogP contribution in [0.3, 0.4) is 0 Å². The summed E-state index contributed by atoms with van der Waals surface area (Å²) >= 11 is 0. The number of nitrogens with zero attached hydrogens (tertiary/aromatic N) is 4. The van der Waals surface area contributed by atoms with E-state index in [0.29, 0.717) is 30.9 Å². The highest BCUT2D eigenvalue weighted by Crippen LogP contribution is 2.29. The Bertz CT molecular complexity index is 1070. The first-order valence-electron chi connectivity index (χ1n) is 10.8. The molecule has 1 aliphatic heterocycles. The van der Waals surface area contributed by atoms with Gasteiger partial charge in [0.2, 0.25) is 5.82 Å². The number of amides is 2. The zero-order chi connectivity index (χ0) is 24.0. The van der Waals surface area contributed by atoms with Crippen LogP contribution in [0.1, 0.15) is 11.5 Å². The second-order valence-electron chi connectivity index (χ2n) is 7.77. The highest BCUT2D eigenvalue weighted by atomic mass is 19.4. The Hall–Kier alpha value is -3.60. The zero-order valence-corrected chi connectivity index (χ0v) is 18.3. The molecule has 0 radical (unpaired) electrons. The van der Waals surface area contributed by atoms with Gasteiger partial charge in [-0.15, -0.1) is 0 Å². The monoisotopic (exact) mass is 475 g/mol. The topological polar surface area (TPSA) is 83.7 Å². The van der Waals surface area contributed by atoms with E-state index in [9.17, 15) is 18.0 Å². The second kappa shape index (κ2) is 10.6. The van der Waals surface area contributed by atoms with Crippen LogP contribution in [-0.4, -0.2) is 65.3 Å². The number of aromatic nitrogens is 2. The van der Waals surface area contributed by atoms with Gasteiger partial charge in [-0.05, 0) is 29.8 Å². The van der Waals surface area contributed by atoms with Crippen LogP contribution in [0.4, 0.5) is 18.0 Å². The van der Waals surface area contributed by atoms with Crippen LogP contribution in [0.25, 0.3) is 11.4 Å². The number of carbonyl (C=O) groups excluding carboxylic acids is 1. The summed E-state index contributed by atoms with van der Waals surface area (Å²) in [6, 6.07) is 16.4. The van der Waals surface area contributed by atoms with Crippen molar-refractivity contribution >= 4 is 6.03 Å². The highest BCUT2D eigenvalue weighted by Gasteiger charge is 2.38. The van der Waals surface area contributed by atoms with Gasteiger partial charge in [0.25, 0.3) is 0 Å². The van der Waals surface area contributed by atoms with Crippen LogP contribution in [0, 0.1) is 0 Å². The maximum Gasteiger partial charge on any atom is 0.471 e. The lowest BCUT2D eigenvalue weighted by molar-refractivity contribution is -0.159. The van der Waals surface area contributed by atoms with E-state index in [1.54, 1.807) is 17.0 Å². The van der Waals surface area contributed by atoms with E-state index in [4.69, 9.17) is 4.74 Å². The number of nitrogens with one attached hydrogen (secondary N) is 1. The number of rotatable bonds is 7. The third-order valence-corrected chi connectivity index (χ3v) is 5.34. The van der Waals surface area contributed by atoms with Crippen molar-refractivity contribution in [3.05, 3.63) is 66.1 Å². The van der Waals surface area contributed by atoms with Crippen molar-refractivity contribution in [1.29, 1.82) is 0 Å². The lowest BCUT2D eigenvalue weighted by atomic mass is 10.2. The Morgan fingerprint density at radius 3 is 2.38 bits per heavy atom. The number of urea groups is 1. The second-order valence-corrected chi connectivity index (χ2v) is 7.77. The molecule has 2 heterocycles. The summed E-state index contributed by atoms with van der Waals surface area (Å²) in [7, 11) is 0. The lowest BCUT2D eigenvalue weighted by Gasteiger charge is -2.34. The quantitative estimate of drug-likeness (QED) is 0.525. The van der Waals surface area contributed by atoms with Gasteiger partial charge in [0.15, 0.2) is 0 Å². The Morgan fingerprint density at radius 2 is 1.74 bits per heavy atom. The molecule has 1 saturated heterocycles. The van der Waals surface area contributed by atoms with Gasteiger partial charge in [-0.1, -0.05) is 35.5 Å². The predicted octanol–water partition coefficient (Wildman–Crippen LogP) is 3.66. The number of carbonyl (C=O) groups is 1. The minimum Gasteiger partial charge on any atom is -0.492 e. The normalized spacial score (nSPS) is 14.7. The molecule has 2 aromatic carbocycles. The van der Waals surface area contributed by atoms with Crippen molar-refractivity contribution in [3.63, 3.8) is 0 Å². The summed E-state index contributed by atoms with van der Waals surface area (Å²) < 4.78 is 47.6. The first-order chi connectivity index (χ1) is 16.4. The van der Waals surface area contributed by atoms with Gasteiger partial charge in [-0.25, -0.2) is 4.79 Å². The van der Waals surface area contributed by atoms with Gasteiger partial charge in [0.05, 0.1) is 6.54 Å². The summed E-state index contributed by atoms with van der Waals surface area (Å²) in [5, 5.41) is 6.19. The lowest BCUT2D eigenvalue weighted by Crippen LogP contribution is -2.51. The fourth-order valence-corrected chi connectivity index (χ4v) is 3.55. The first kappa shape index (κ1) is 23.6. The summed E-state index contributed by atoms with van der Waals surface area (Å²) in [5.74, 6) is -1.04. The predicted molar refractivity (Wildman–Crippen MR) is 117 cm³/mol. The molecule has 1 aromatic heterocycles. The zero-order valence-electron chi connectivity index (χ0n) is 18.3. The molecule has 0 unspecified atom stereocenters. The molecule has 4 rings (SSSR count). The highest BCUT2D eigenvalue weighted by molar-refractivity contribution is 5.74. The minimum atomic E-state index is -4.69. The number of benzene rings is 2. The summed E-state index contributed by atoms with van der Waals surface area (Å²) in [6.45, 7) is 4.40. The van der Waals surface area contributed by atoms with Gasteiger partial charge < -0.3 is 19.5 Å². The van der Waals surface area contributed by atoms with E-state index in [2.05, 4.69) is 37.0 Å². The average molecular weight is 475 g/mol. The van der Waals surface area contributed by atoms with Gasteiger partial charge >= 0.3 is 18.1 Å². The Kier molecular flexibility index (Phi) is 7.31. The molecule has 3 aromatic rings. The van der Waals surface area contributed by atoms with Gasteiger partial charge in [0.1, 0.15) is 12.4 Å². The molecular formula is C23H24F3N5O3. The molecule has 1 aliphatic rings. The van der Waals surface area contributed by atoms with Crippen molar-refractivity contribution in [3.8, 4) is 17.1 Å².